The highest BCUT2D eigenvalue weighted by molar-refractivity contribution is 7.92. The van der Waals surface area contributed by atoms with Gasteiger partial charge in [0, 0.05) is 17.1 Å². The molecule has 0 saturated heterocycles. The van der Waals surface area contributed by atoms with Crippen LogP contribution in [0.4, 0.5) is 5.69 Å². The minimum absolute atomic E-state index is 0.155. The Morgan fingerprint density at radius 1 is 1.09 bits per heavy atom. The second-order valence-electron chi connectivity index (χ2n) is 4.93. The summed E-state index contributed by atoms with van der Waals surface area (Å²) in [7, 11) is -3.42. The van der Waals surface area contributed by atoms with Crippen molar-refractivity contribution in [3.63, 3.8) is 0 Å². The third-order valence-electron chi connectivity index (χ3n) is 3.15. The number of halogens is 1. The van der Waals surface area contributed by atoms with Crippen LogP contribution in [-0.2, 0) is 10.0 Å². The molecule has 2 aromatic carbocycles. The van der Waals surface area contributed by atoms with E-state index < -0.39 is 10.0 Å². The van der Waals surface area contributed by atoms with Crippen molar-refractivity contribution in [1.82, 2.24) is 5.32 Å². The Balaban J connectivity index is 2.00. The molecular weight excluding hydrogens is 336 g/mol. The highest BCUT2D eigenvalue weighted by atomic mass is 35.5. The van der Waals surface area contributed by atoms with E-state index in [-0.39, 0.29) is 19.0 Å². The number of carbonyl (C=O) groups excluding carboxylic acids is 1. The number of benzene rings is 2. The van der Waals surface area contributed by atoms with Crippen molar-refractivity contribution in [3.8, 4) is 0 Å². The molecule has 0 aliphatic heterocycles. The molecule has 0 aliphatic rings. The van der Waals surface area contributed by atoms with Gasteiger partial charge in [-0.05, 0) is 36.4 Å². The van der Waals surface area contributed by atoms with E-state index in [1.54, 1.807) is 48.5 Å². The molecule has 7 heteroatoms. The number of sulfonamides is 1. The van der Waals surface area contributed by atoms with E-state index in [1.807, 2.05) is 6.07 Å². The van der Waals surface area contributed by atoms with Crippen LogP contribution in [0.2, 0.25) is 5.02 Å². The van der Waals surface area contributed by atoms with E-state index in [9.17, 15) is 13.2 Å². The fourth-order valence-corrected chi connectivity index (χ4v) is 3.11. The van der Waals surface area contributed by atoms with Gasteiger partial charge >= 0.3 is 0 Å². The number of nitrogens with zero attached hydrogens (tertiary/aromatic N) is 1. The normalized spacial score (nSPS) is 11.0. The van der Waals surface area contributed by atoms with E-state index in [1.165, 1.54) is 4.31 Å². The maximum atomic E-state index is 12.0. The molecule has 0 heterocycles. The van der Waals surface area contributed by atoms with Crippen LogP contribution in [0.1, 0.15) is 10.4 Å². The molecule has 0 saturated carbocycles. The quantitative estimate of drug-likeness (QED) is 0.868. The largest absolute Gasteiger partial charge is 0.350 e. The molecule has 0 unspecified atom stereocenters. The summed E-state index contributed by atoms with van der Waals surface area (Å²) in [6.45, 7) is 0.353. The highest BCUT2D eigenvalue weighted by Gasteiger charge is 2.17. The molecule has 5 nitrogen and oxygen atoms in total. The van der Waals surface area contributed by atoms with Gasteiger partial charge in [-0.3, -0.25) is 9.10 Å². The van der Waals surface area contributed by atoms with Crippen molar-refractivity contribution in [2.45, 2.75) is 0 Å². The predicted octanol–water partition coefficient (Wildman–Crippen LogP) is 2.54. The number of hydrogen-bond donors (Lipinski definition) is 1. The Labute approximate surface area is 140 Å². The van der Waals surface area contributed by atoms with E-state index in [4.69, 9.17) is 11.6 Å². The van der Waals surface area contributed by atoms with Gasteiger partial charge in [0.25, 0.3) is 5.91 Å². The smallest absolute Gasteiger partial charge is 0.251 e. The second kappa shape index (κ2) is 7.48. The van der Waals surface area contributed by atoms with Gasteiger partial charge in [0.15, 0.2) is 0 Å². The number of hydrogen-bond acceptors (Lipinski definition) is 3. The Morgan fingerprint density at radius 3 is 2.26 bits per heavy atom. The molecule has 0 bridgehead atoms. The Kier molecular flexibility index (Phi) is 5.63. The summed E-state index contributed by atoms with van der Waals surface area (Å²) in [6, 6.07) is 15.2. The summed E-state index contributed by atoms with van der Waals surface area (Å²) in [4.78, 5) is 12.0. The van der Waals surface area contributed by atoms with Crippen molar-refractivity contribution < 1.29 is 13.2 Å². The van der Waals surface area contributed by atoms with E-state index in [2.05, 4.69) is 5.32 Å². The van der Waals surface area contributed by atoms with Gasteiger partial charge in [0.1, 0.15) is 0 Å². The highest BCUT2D eigenvalue weighted by Crippen LogP contribution is 2.16. The van der Waals surface area contributed by atoms with Gasteiger partial charge in [-0.1, -0.05) is 29.8 Å². The fraction of sp³-hybridized carbons (Fsp3) is 0.188. The number of amides is 1. The van der Waals surface area contributed by atoms with Crippen molar-refractivity contribution in [3.05, 3.63) is 65.2 Å². The first-order valence-electron chi connectivity index (χ1n) is 6.94. The Bertz CT molecular complexity index is 762. The molecule has 0 fully saturated rings. The van der Waals surface area contributed by atoms with Crippen LogP contribution in [0.25, 0.3) is 0 Å². The zero-order valence-electron chi connectivity index (χ0n) is 12.6. The molecule has 2 rings (SSSR count). The van der Waals surface area contributed by atoms with E-state index in [0.717, 1.165) is 6.26 Å². The molecule has 23 heavy (non-hydrogen) atoms. The lowest BCUT2D eigenvalue weighted by Gasteiger charge is -2.22. The summed E-state index contributed by atoms with van der Waals surface area (Å²) in [5.74, 6) is -0.275. The van der Waals surface area contributed by atoms with Gasteiger partial charge in [0.05, 0.1) is 18.5 Å². The number of para-hydroxylation sites is 1. The lowest BCUT2D eigenvalue weighted by Crippen LogP contribution is -2.38. The monoisotopic (exact) mass is 352 g/mol. The van der Waals surface area contributed by atoms with Gasteiger partial charge in [-0.2, -0.15) is 0 Å². The number of carbonyl (C=O) groups is 1. The minimum atomic E-state index is -3.42. The van der Waals surface area contributed by atoms with Crippen LogP contribution in [0.15, 0.2) is 54.6 Å². The van der Waals surface area contributed by atoms with Crippen LogP contribution in [0, 0.1) is 0 Å². The van der Waals surface area contributed by atoms with Crippen LogP contribution >= 0.6 is 11.6 Å². The molecule has 2 aromatic rings. The third kappa shape index (κ3) is 4.97. The Morgan fingerprint density at radius 2 is 1.70 bits per heavy atom. The van der Waals surface area contributed by atoms with Crippen LogP contribution in [0.3, 0.4) is 0 Å². The number of anilines is 1. The average molecular weight is 353 g/mol. The van der Waals surface area contributed by atoms with E-state index >= 15 is 0 Å². The van der Waals surface area contributed by atoms with Crippen molar-refractivity contribution >= 4 is 33.2 Å². The molecule has 1 amide bonds. The maximum Gasteiger partial charge on any atom is 0.251 e. The number of rotatable bonds is 6. The second-order valence-corrected chi connectivity index (χ2v) is 7.28. The standard InChI is InChI=1S/C16H17ClN2O3S/c1-23(21,22)19(15-5-3-2-4-6-15)12-11-18-16(20)13-7-9-14(17)10-8-13/h2-10H,11-12H2,1H3,(H,18,20). The van der Waals surface area contributed by atoms with Gasteiger partial charge in [-0.25, -0.2) is 8.42 Å². The molecular formula is C16H17ClN2O3S. The number of nitrogens with one attached hydrogen (secondary N) is 1. The minimum Gasteiger partial charge on any atom is -0.350 e. The van der Waals surface area contributed by atoms with Gasteiger partial charge < -0.3 is 5.32 Å². The van der Waals surface area contributed by atoms with Gasteiger partial charge in [-0.15, -0.1) is 0 Å². The first kappa shape index (κ1) is 17.3. The summed E-state index contributed by atoms with van der Waals surface area (Å²) in [6.07, 6.45) is 1.14. The fourth-order valence-electron chi connectivity index (χ4n) is 2.05. The molecule has 0 spiro atoms. The van der Waals surface area contributed by atoms with Crippen molar-refractivity contribution in [2.75, 3.05) is 23.7 Å². The average Bonchev–Trinajstić information content (AvgIpc) is 2.51. The molecule has 0 atom stereocenters. The SMILES string of the molecule is CS(=O)(=O)N(CCNC(=O)c1ccc(Cl)cc1)c1ccccc1. The molecule has 122 valence electrons. The third-order valence-corrected chi connectivity index (χ3v) is 4.60. The first-order chi connectivity index (χ1) is 10.9. The molecule has 1 N–H and O–H groups in total. The summed E-state index contributed by atoms with van der Waals surface area (Å²) >= 11 is 5.78. The summed E-state index contributed by atoms with van der Waals surface area (Å²) in [5.41, 5.74) is 1.04. The summed E-state index contributed by atoms with van der Waals surface area (Å²) in [5, 5.41) is 3.25. The van der Waals surface area contributed by atoms with Gasteiger partial charge in [0.2, 0.25) is 10.0 Å². The first-order valence-corrected chi connectivity index (χ1v) is 9.17. The van der Waals surface area contributed by atoms with E-state index in [0.29, 0.717) is 16.3 Å². The summed E-state index contributed by atoms with van der Waals surface area (Å²) < 4.78 is 25.1. The lowest BCUT2D eigenvalue weighted by atomic mass is 10.2. The topological polar surface area (TPSA) is 66.5 Å². The lowest BCUT2D eigenvalue weighted by molar-refractivity contribution is 0.0955. The zero-order chi connectivity index (χ0) is 16.9. The van der Waals surface area contributed by atoms with Crippen molar-refractivity contribution in [1.29, 1.82) is 0 Å². The molecule has 0 aliphatic carbocycles. The molecule has 0 aromatic heterocycles. The molecule has 0 radical (unpaired) electrons. The van der Waals surface area contributed by atoms with Crippen LogP contribution < -0.4 is 9.62 Å². The maximum absolute atomic E-state index is 12.0. The zero-order valence-corrected chi connectivity index (χ0v) is 14.1. The van der Waals surface area contributed by atoms with Crippen LogP contribution in [-0.4, -0.2) is 33.7 Å². The van der Waals surface area contributed by atoms with Crippen LogP contribution in [0.5, 0.6) is 0 Å². The Hall–Kier alpha value is -2.05. The van der Waals surface area contributed by atoms with Crippen molar-refractivity contribution in [2.24, 2.45) is 0 Å². The predicted molar refractivity (Wildman–Crippen MR) is 92.4 cm³/mol.